The van der Waals surface area contributed by atoms with Crippen LogP contribution >= 0.6 is 0 Å². The number of morpholine rings is 1. The molecule has 3 saturated heterocycles. The lowest BCUT2D eigenvalue weighted by Crippen LogP contribution is -2.61. The summed E-state index contributed by atoms with van der Waals surface area (Å²) in [4.78, 5) is 24.9. The molecule has 2 bridgehead atoms. The summed E-state index contributed by atoms with van der Waals surface area (Å²) in [6.45, 7) is 6.26. The Hall–Kier alpha value is -1.10. The van der Waals surface area contributed by atoms with Crippen molar-refractivity contribution in [3.8, 4) is 0 Å². The molecule has 0 aromatic heterocycles. The van der Waals surface area contributed by atoms with Crippen molar-refractivity contribution < 1.29 is 19.1 Å². The third-order valence-corrected chi connectivity index (χ3v) is 2.72. The zero-order valence-electron chi connectivity index (χ0n) is 9.86. The Morgan fingerprint density at radius 2 is 2.19 bits per heavy atom. The lowest BCUT2D eigenvalue weighted by molar-refractivity contribution is -0.154. The molecule has 90 valence electrons. The van der Waals surface area contributed by atoms with E-state index in [-0.39, 0.29) is 17.9 Å². The monoisotopic (exact) mass is 227 g/mol. The fourth-order valence-corrected chi connectivity index (χ4v) is 1.97. The molecular formula is C11H17NO4. The minimum Gasteiger partial charge on any atom is -0.444 e. The van der Waals surface area contributed by atoms with Crippen molar-refractivity contribution in [2.75, 3.05) is 13.2 Å². The number of piperidine rings is 1. The molecule has 3 fully saturated rings. The van der Waals surface area contributed by atoms with Crippen LogP contribution in [0.4, 0.5) is 4.79 Å². The van der Waals surface area contributed by atoms with Crippen LogP contribution < -0.4 is 0 Å². The summed E-state index contributed by atoms with van der Waals surface area (Å²) >= 11 is 0. The molecule has 5 heteroatoms. The van der Waals surface area contributed by atoms with Gasteiger partial charge in [0.25, 0.3) is 0 Å². The van der Waals surface area contributed by atoms with E-state index in [1.54, 1.807) is 4.90 Å². The Morgan fingerprint density at radius 1 is 1.50 bits per heavy atom. The Morgan fingerprint density at radius 3 is 2.62 bits per heavy atom. The summed E-state index contributed by atoms with van der Waals surface area (Å²) in [5, 5.41) is 0. The highest BCUT2D eigenvalue weighted by Crippen LogP contribution is 2.25. The van der Waals surface area contributed by atoms with E-state index in [4.69, 9.17) is 9.47 Å². The number of amides is 1. The zero-order chi connectivity index (χ0) is 11.9. The summed E-state index contributed by atoms with van der Waals surface area (Å²) < 4.78 is 10.6. The van der Waals surface area contributed by atoms with Gasteiger partial charge in [-0.3, -0.25) is 9.69 Å². The molecule has 3 aliphatic rings. The van der Waals surface area contributed by atoms with E-state index in [0.29, 0.717) is 19.6 Å². The maximum Gasteiger partial charge on any atom is 0.410 e. The molecule has 2 unspecified atom stereocenters. The number of Topliss-reactive ketones (excluding diaryl/α,β-unsaturated/α-hetero) is 1. The summed E-state index contributed by atoms with van der Waals surface area (Å²) in [7, 11) is 0. The van der Waals surface area contributed by atoms with Crippen LogP contribution in [0.3, 0.4) is 0 Å². The van der Waals surface area contributed by atoms with Gasteiger partial charge in [0.15, 0.2) is 5.78 Å². The predicted molar refractivity (Wildman–Crippen MR) is 56.1 cm³/mol. The van der Waals surface area contributed by atoms with Gasteiger partial charge in [-0.2, -0.15) is 0 Å². The van der Waals surface area contributed by atoms with E-state index >= 15 is 0 Å². The van der Waals surface area contributed by atoms with E-state index in [1.165, 1.54) is 0 Å². The highest BCUT2D eigenvalue weighted by molar-refractivity contribution is 5.87. The van der Waals surface area contributed by atoms with E-state index < -0.39 is 11.7 Å². The topological polar surface area (TPSA) is 55.8 Å². The molecule has 0 saturated carbocycles. The van der Waals surface area contributed by atoms with Crippen molar-refractivity contribution in [3.05, 3.63) is 0 Å². The Kier molecular flexibility index (Phi) is 2.66. The number of nitrogens with zero attached hydrogens (tertiary/aromatic N) is 1. The summed E-state index contributed by atoms with van der Waals surface area (Å²) in [6, 6.07) is -0.146. The zero-order valence-corrected chi connectivity index (χ0v) is 9.86. The van der Waals surface area contributed by atoms with Crippen LogP contribution in [0.25, 0.3) is 0 Å². The van der Waals surface area contributed by atoms with Crippen molar-refractivity contribution in [2.24, 2.45) is 0 Å². The minimum atomic E-state index is -0.501. The first kappa shape index (κ1) is 11.4. The van der Waals surface area contributed by atoms with Gasteiger partial charge in [-0.05, 0) is 20.8 Å². The van der Waals surface area contributed by atoms with Gasteiger partial charge >= 0.3 is 6.09 Å². The van der Waals surface area contributed by atoms with Crippen molar-refractivity contribution in [3.63, 3.8) is 0 Å². The Balaban J connectivity index is 2.02. The van der Waals surface area contributed by atoms with Crippen LogP contribution in [0, 0.1) is 0 Å². The second-order valence-electron chi connectivity index (χ2n) is 5.28. The average molecular weight is 227 g/mol. The number of ketones is 1. The number of carbonyl (C=O) groups excluding carboxylic acids is 2. The molecule has 2 atom stereocenters. The average Bonchev–Trinajstić information content (AvgIpc) is 2.15. The number of rotatable bonds is 0. The van der Waals surface area contributed by atoms with E-state index in [1.807, 2.05) is 20.8 Å². The first-order valence-electron chi connectivity index (χ1n) is 5.51. The van der Waals surface area contributed by atoms with Crippen LogP contribution in [-0.2, 0) is 14.3 Å². The number of carbonyl (C=O) groups is 2. The third-order valence-electron chi connectivity index (χ3n) is 2.72. The van der Waals surface area contributed by atoms with Crippen LogP contribution in [0.1, 0.15) is 27.2 Å². The minimum absolute atomic E-state index is 0.0936. The predicted octanol–water partition coefficient (Wildman–Crippen LogP) is 0.964. The summed E-state index contributed by atoms with van der Waals surface area (Å²) in [5.41, 5.74) is -0.501. The molecule has 0 spiro atoms. The van der Waals surface area contributed by atoms with Gasteiger partial charge in [0.1, 0.15) is 11.7 Å². The molecule has 5 nitrogen and oxygen atoms in total. The van der Waals surface area contributed by atoms with Gasteiger partial charge in [-0.1, -0.05) is 0 Å². The Bertz CT molecular complexity index is 320. The number of fused-ring (bicyclic) bond motifs is 3. The van der Waals surface area contributed by atoms with Gasteiger partial charge in [0, 0.05) is 6.42 Å². The molecule has 3 aliphatic heterocycles. The second kappa shape index (κ2) is 3.73. The normalized spacial score (nSPS) is 29.4. The second-order valence-corrected chi connectivity index (χ2v) is 5.28. The maximum absolute atomic E-state index is 11.8. The van der Waals surface area contributed by atoms with Crippen LogP contribution in [0.15, 0.2) is 0 Å². The molecular weight excluding hydrogens is 210 g/mol. The SMILES string of the molecule is CC(C)(C)OC(=O)N1CC2OCC1CC2=O. The van der Waals surface area contributed by atoms with Gasteiger partial charge < -0.3 is 9.47 Å². The molecule has 3 heterocycles. The van der Waals surface area contributed by atoms with Gasteiger partial charge in [0.2, 0.25) is 0 Å². The fraction of sp³-hybridized carbons (Fsp3) is 0.818. The largest absolute Gasteiger partial charge is 0.444 e. The van der Waals surface area contributed by atoms with Crippen molar-refractivity contribution in [1.29, 1.82) is 0 Å². The van der Waals surface area contributed by atoms with Crippen LogP contribution in [0.2, 0.25) is 0 Å². The highest BCUT2D eigenvalue weighted by Gasteiger charge is 2.43. The van der Waals surface area contributed by atoms with Crippen molar-refractivity contribution in [2.45, 2.75) is 44.9 Å². The van der Waals surface area contributed by atoms with Crippen LogP contribution in [-0.4, -0.2) is 47.7 Å². The molecule has 0 radical (unpaired) electrons. The molecule has 0 aliphatic carbocycles. The highest BCUT2D eigenvalue weighted by atomic mass is 16.6. The third kappa shape index (κ3) is 2.19. The first-order valence-corrected chi connectivity index (χ1v) is 5.51. The lowest BCUT2D eigenvalue weighted by Gasteiger charge is -2.43. The molecule has 0 aromatic rings. The van der Waals surface area contributed by atoms with E-state index in [0.717, 1.165) is 0 Å². The molecule has 0 aromatic carbocycles. The van der Waals surface area contributed by atoms with Crippen LogP contribution in [0.5, 0.6) is 0 Å². The lowest BCUT2D eigenvalue weighted by atomic mass is 9.96. The van der Waals surface area contributed by atoms with Crippen molar-refractivity contribution in [1.82, 2.24) is 4.90 Å². The molecule has 0 N–H and O–H groups in total. The summed E-state index contributed by atoms with van der Waals surface area (Å²) in [5.74, 6) is 0.0936. The smallest absolute Gasteiger partial charge is 0.410 e. The Labute approximate surface area is 94.7 Å². The van der Waals surface area contributed by atoms with E-state index in [2.05, 4.69) is 0 Å². The molecule has 3 rings (SSSR count). The molecule has 16 heavy (non-hydrogen) atoms. The first-order chi connectivity index (χ1) is 7.37. The van der Waals surface area contributed by atoms with Gasteiger partial charge in [-0.15, -0.1) is 0 Å². The van der Waals surface area contributed by atoms with Crippen molar-refractivity contribution >= 4 is 11.9 Å². The number of hydrogen-bond acceptors (Lipinski definition) is 4. The maximum atomic E-state index is 11.8. The number of ether oxygens (including phenoxy) is 2. The van der Waals surface area contributed by atoms with Gasteiger partial charge in [0.05, 0.1) is 19.2 Å². The van der Waals surface area contributed by atoms with Gasteiger partial charge in [-0.25, -0.2) is 4.79 Å². The molecule has 1 amide bonds. The quantitative estimate of drug-likeness (QED) is 0.618. The standard InChI is InChI=1S/C11H17NO4/c1-11(2,3)16-10(14)12-5-9-8(13)4-7(12)6-15-9/h7,9H,4-6H2,1-3H3. The van der Waals surface area contributed by atoms with E-state index in [9.17, 15) is 9.59 Å². The number of hydrogen-bond donors (Lipinski definition) is 0. The summed E-state index contributed by atoms with van der Waals surface area (Å²) in [6.07, 6.45) is -0.403. The fourth-order valence-electron chi connectivity index (χ4n) is 1.97.